The fourth-order valence-corrected chi connectivity index (χ4v) is 5.84. The van der Waals surface area contributed by atoms with Gasteiger partial charge in [0.1, 0.15) is 5.69 Å². The van der Waals surface area contributed by atoms with E-state index in [-0.39, 0.29) is 17.6 Å². The molecule has 1 fully saturated rings. The van der Waals surface area contributed by atoms with Crippen molar-refractivity contribution in [2.75, 3.05) is 6.54 Å². The van der Waals surface area contributed by atoms with Gasteiger partial charge in [-0.25, -0.2) is 4.79 Å². The van der Waals surface area contributed by atoms with Crippen molar-refractivity contribution < 1.29 is 4.79 Å². The third-order valence-corrected chi connectivity index (χ3v) is 7.28. The topological polar surface area (TPSA) is 81.8 Å². The first-order valence-corrected chi connectivity index (χ1v) is 11.6. The second-order valence-corrected chi connectivity index (χ2v) is 9.09. The average molecular weight is 427 g/mol. The molecule has 0 saturated heterocycles. The Bertz CT molecular complexity index is 1380. The molecule has 2 aliphatic rings. The number of hydrogen-bond acceptors (Lipinski definition) is 3. The standard InChI is InChI=1S/C26H26N4O2/c31-25(23-19-11-5-7-13-21(19)28-26(32)29-23)30-15-14-18-17-10-4-6-12-20(17)27-22(18)24(30)16-8-2-1-3-9-16/h4-7,10-13,16,24,27H,1-3,8-9,14-15H2,(H,28,29,32). The Morgan fingerprint density at radius 3 is 2.38 bits per heavy atom. The van der Waals surface area contributed by atoms with Crippen LogP contribution in [0.3, 0.4) is 0 Å². The van der Waals surface area contributed by atoms with Crippen LogP contribution in [0, 0.1) is 5.92 Å². The van der Waals surface area contributed by atoms with Crippen molar-refractivity contribution in [2.24, 2.45) is 5.92 Å². The smallest absolute Gasteiger partial charge is 0.346 e. The Morgan fingerprint density at radius 1 is 0.906 bits per heavy atom. The molecule has 162 valence electrons. The minimum atomic E-state index is -0.482. The maximum atomic E-state index is 13.9. The Hall–Kier alpha value is -3.41. The van der Waals surface area contributed by atoms with Gasteiger partial charge in [-0.05, 0) is 42.9 Å². The molecule has 32 heavy (non-hydrogen) atoms. The van der Waals surface area contributed by atoms with Crippen LogP contribution in [0.2, 0.25) is 0 Å². The number of fused-ring (bicyclic) bond motifs is 4. The van der Waals surface area contributed by atoms with E-state index in [1.165, 1.54) is 35.9 Å². The minimum absolute atomic E-state index is 0.0150. The Kier molecular flexibility index (Phi) is 4.59. The molecule has 2 aromatic heterocycles. The lowest BCUT2D eigenvalue weighted by atomic mass is 9.79. The van der Waals surface area contributed by atoms with E-state index in [0.717, 1.165) is 24.8 Å². The molecule has 0 radical (unpaired) electrons. The molecule has 4 aromatic rings. The van der Waals surface area contributed by atoms with Crippen molar-refractivity contribution in [3.8, 4) is 0 Å². The summed E-state index contributed by atoms with van der Waals surface area (Å²) in [5.41, 5.74) is 4.06. The van der Waals surface area contributed by atoms with Crippen LogP contribution >= 0.6 is 0 Å². The van der Waals surface area contributed by atoms with E-state index >= 15 is 0 Å². The molecule has 1 aliphatic heterocycles. The number of carbonyl (C=O) groups excluding carboxylic acids is 1. The maximum Gasteiger partial charge on any atom is 0.346 e. The lowest BCUT2D eigenvalue weighted by Gasteiger charge is -2.41. The van der Waals surface area contributed by atoms with Gasteiger partial charge in [0.15, 0.2) is 0 Å². The molecular weight excluding hydrogens is 400 g/mol. The zero-order chi connectivity index (χ0) is 21.7. The van der Waals surface area contributed by atoms with Crippen LogP contribution in [0.4, 0.5) is 0 Å². The van der Waals surface area contributed by atoms with Crippen LogP contribution in [0.15, 0.2) is 53.3 Å². The first-order chi connectivity index (χ1) is 15.7. The number of H-pyrrole nitrogens is 2. The number of hydrogen-bond donors (Lipinski definition) is 2. The van der Waals surface area contributed by atoms with E-state index < -0.39 is 5.69 Å². The number of amides is 1. The van der Waals surface area contributed by atoms with Crippen LogP contribution in [0.5, 0.6) is 0 Å². The average Bonchev–Trinajstić information content (AvgIpc) is 3.21. The predicted molar refractivity (Wildman–Crippen MR) is 125 cm³/mol. The fourth-order valence-electron chi connectivity index (χ4n) is 5.84. The fraction of sp³-hybridized carbons (Fsp3) is 0.346. The van der Waals surface area contributed by atoms with Crippen LogP contribution < -0.4 is 5.69 Å². The highest BCUT2D eigenvalue weighted by molar-refractivity contribution is 6.04. The summed E-state index contributed by atoms with van der Waals surface area (Å²) < 4.78 is 0. The zero-order valence-electron chi connectivity index (χ0n) is 17.9. The number of carbonyl (C=O) groups is 1. The van der Waals surface area contributed by atoms with Crippen molar-refractivity contribution in [3.63, 3.8) is 0 Å². The van der Waals surface area contributed by atoms with Crippen LogP contribution in [-0.4, -0.2) is 32.3 Å². The van der Waals surface area contributed by atoms with Crippen LogP contribution in [-0.2, 0) is 6.42 Å². The summed E-state index contributed by atoms with van der Waals surface area (Å²) in [4.78, 5) is 38.7. The summed E-state index contributed by atoms with van der Waals surface area (Å²) in [7, 11) is 0. The van der Waals surface area contributed by atoms with Gasteiger partial charge < -0.3 is 14.9 Å². The highest BCUT2D eigenvalue weighted by Crippen LogP contribution is 2.44. The third kappa shape index (κ3) is 3.05. The van der Waals surface area contributed by atoms with E-state index in [2.05, 4.69) is 39.2 Å². The first kappa shape index (κ1) is 19.3. The second kappa shape index (κ2) is 7.62. The second-order valence-electron chi connectivity index (χ2n) is 9.09. The molecule has 1 amide bonds. The van der Waals surface area contributed by atoms with Crippen molar-refractivity contribution in [1.29, 1.82) is 0 Å². The van der Waals surface area contributed by atoms with E-state index in [1.54, 1.807) is 0 Å². The van der Waals surface area contributed by atoms with Gasteiger partial charge in [0.05, 0.1) is 11.6 Å². The third-order valence-electron chi connectivity index (χ3n) is 7.28. The number of nitrogens with zero attached hydrogens (tertiary/aromatic N) is 2. The van der Waals surface area contributed by atoms with Gasteiger partial charge in [-0.15, -0.1) is 0 Å². The maximum absolute atomic E-state index is 13.9. The zero-order valence-corrected chi connectivity index (χ0v) is 17.9. The molecule has 6 heteroatoms. The molecule has 0 bridgehead atoms. The Balaban J connectivity index is 1.49. The van der Waals surface area contributed by atoms with Gasteiger partial charge in [-0.3, -0.25) is 4.79 Å². The summed E-state index contributed by atoms with van der Waals surface area (Å²) in [6.07, 6.45) is 6.70. The highest BCUT2D eigenvalue weighted by Gasteiger charge is 2.39. The largest absolute Gasteiger partial charge is 0.356 e. The highest BCUT2D eigenvalue weighted by atomic mass is 16.2. The molecule has 0 spiro atoms. The number of aromatic amines is 2. The monoisotopic (exact) mass is 426 g/mol. The van der Waals surface area contributed by atoms with Crippen LogP contribution in [0.25, 0.3) is 21.8 Å². The number of aromatic nitrogens is 3. The van der Waals surface area contributed by atoms with Crippen molar-refractivity contribution in [2.45, 2.75) is 44.6 Å². The van der Waals surface area contributed by atoms with Gasteiger partial charge in [0.25, 0.3) is 5.91 Å². The molecule has 1 atom stereocenters. The van der Waals surface area contributed by atoms with Crippen molar-refractivity contribution >= 4 is 27.7 Å². The lowest BCUT2D eigenvalue weighted by Crippen LogP contribution is -2.44. The predicted octanol–water partition coefficient (Wildman–Crippen LogP) is 4.72. The summed E-state index contributed by atoms with van der Waals surface area (Å²) >= 11 is 0. The molecule has 1 aliphatic carbocycles. The van der Waals surface area contributed by atoms with Crippen molar-refractivity contribution in [3.05, 3.63) is 76.0 Å². The molecule has 1 unspecified atom stereocenters. The number of para-hydroxylation sites is 2. The summed E-state index contributed by atoms with van der Waals surface area (Å²) in [5.74, 6) is 0.264. The van der Waals surface area contributed by atoms with E-state index in [1.807, 2.05) is 29.2 Å². The van der Waals surface area contributed by atoms with Crippen molar-refractivity contribution in [1.82, 2.24) is 19.9 Å². The lowest BCUT2D eigenvalue weighted by molar-refractivity contribution is 0.0529. The number of benzene rings is 2. The molecule has 2 aromatic carbocycles. The quantitative estimate of drug-likeness (QED) is 0.486. The first-order valence-electron chi connectivity index (χ1n) is 11.6. The minimum Gasteiger partial charge on any atom is -0.356 e. The summed E-state index contributed by atoms with van der Waals surface area (Å²) in [5, 5.41) is 1.96. The molecule has 6 rings (SSSR count). The Labute approximate surface area is 185 Å². The SMILES string of the molecule is O=C(c1nc(=O)[nH]c2ccccc12)N1CCc2c([nH]c3ccccc23)C1C1CCCCC1. The molecule has 2 N–H and O–H groups in total. The normalized spacial score (nSPS) is 19.4. The Morgan fingerprint density at radius 2 is 1.59 bits per heavy atom. The van der Waals surface area contributed by atoms with E-state index in [0.29, 0.717) is 23.4 Å². The number of nitrogens with one attached hydrogen (secondary N) is 2. The molecular formula is C26H26N4O2. The van der Waals surface area contributed by atoms with Gasteiger partial charge in [0.2, 0.25) is 0 Å². The molecule has 6 nitrogen and oxygen atoms in total. The molecule has 3 heterocycles. The van der Waals surface area contributed by atoms with E-state index in [4.69, 9.17) is 0 Å². The molecule has 1 saturated carbocycles. The number of rotatable bonds is 2. The van der Waals surface area contributed by atoms with Gasteiger partial charge in [0, 0.05) is 28.5 Å². The van der Waals surface area contributed by atoms with Gasteiger partial charge >= 0.3 is 5.69 Å². The summed E-state index contributed by atoms with van der Waals surface area (Å²) in [6.45, 7) is 0.637. The summed E-state index contributed by atoms with van der Waals surface area (Å²) in [6, 6.07) is 15.8. The van der Waals surface area contributed by atoms with Gasteiger partial charge in [-0.1, -0.05) is 55.7 Å². The van der Waals surface area contributed by atoms with E-state index in [9.17, 15) is 9.59 Å². The van der Waals surface area contributed by atoms with Gasteiger partial charge in [-0.2, -0.15) is 4.98 Å². The van der Waals surface area contributed by atoms with Crippen LogP contribution in [0.1, 0.15) is 59.9 Å².